The molecule has 3 aromatic heterocycles. The van der Waals surface area contributed by atoms with Gasteiger partial charge in [0.2, 0.25) is 0 Å². The second kappa shape index (κ2) is 6.03. The minimum absolute atomic E-state index is 0.527. The number of aryl methyl sites for hydroxylation is 4. The third-order valence-corrected chi connectivity index (χ3v) is 3.82. The Kier molecular flexibility index (Phi) is 4.12. The molecule has 0 aliphatic heterocycles. The van der Waals surface area contributed by atoms with Gasteiger partial charge in [-0.05, 0) is 6.07 Å². The van der Waals surface area contributed by atoms with Crippen LogP contribution in [-0.2, 0) is 26.4 Å². The van der Waals surface area contributed by atoms with Crippen LogP contribution in [0.25, 0.3) is 11.2 Å². The van der Waals surface area contributed by atoms with Crippen LogP contribution in [0.3, 0.4) is 0 Å². The highest BCUT2D eigenvalue weighted by Crippen LogP contribution is 2.19. The van der Waals surface area contributed by atoms with Crippen LogP contribution in [0.15, 0.2) is 24.7 Å². The lowest BCUT2D eigenvalue weighted by Gasteiger charge is -2.08. The fraction of sp³-hybridized carbons (Fsp3) is 0.357. The lowest BCUT2D eigenvalue weighted by molar-refractivity contribution is 0.634. The van der Waals surface area contributed by atoms with Gasteiger partial charge in [0.1, 0.15) is 17.2 Å². The molecule has 110 valence electrons. The van der Waals surface area contributed by atoms with Gasteiger partial charge in [-0.3, -0.25) is 0 Å². The van der Waals surface area contributed by atoms with Crippen molar-refractivity contribution in [1.29, 1.82) is 0 Å². The number of rotatable bonds is 5. The van der Waals surface area contributed by atoms with Crippen molar-refractivity contribution in [3.63, 3.8) is 0 Å². The molecule has 0 radical (unpaired) electrons. The number of imidazole rings is 2. The summed E-state index contributed by atoms with van der Waals surface area (Å²) >= 11 is 11.9. The maximum atomic E-state index is 5.99. The molecule has 0 atom stereocenters. The summed E-state index contributed by atoms with van der Waals surface area (Å²) in [6, 6.07) is 1.83. The Morgan fingerprint density at radius 1 is 1.19 bits per heavy atom. The van der Waals surface area contributed by atoms with Crippen LogP contribution >= 0.6 is 23.2 Å². The molecule has 0 fully saturated rings. The number of pyridine rings is 1. The molecule has 0 aliphatic carbocycles. The van der Waals surface area contributed by atoms with Gasteiger partial charge < -0.3 is 9.13 Å². The van der Waals surface area contributed by atoms with E-state index in [-0.39, 0.29) is 0 Å². The number of alkyl halides is 1. The van der Waals surface area contributed by atoms with Crippen molar-refractivity contribution in [2.45, 2.75) is 19.4 Å². The summed E-state index contributed by atoms with van der Waals surface area (Å²) in [5.41, 5.74) is 1.65. The van der Waals surface area contributed by atoms with Crippen molar-refractivity contribution in [2.75, 3.05) is 5.88 Å². The fourth-order valence-corrected chi connectivity index (χ4v) is 2.71. The normalized spacial score (nSPS) is 11.4. The van der Waals surface area contributed by atoms with E-state index in [0.29, 0.717) is 17.3 Å². The van der Waals surface area contributed by atoms with Crippen molar-refractivity contribution < 1.29 is 0 Å². The molecule has 0 amide bonds. The summed E-state index contributed by atoms with van der Waals surface area (Å²) in [7, 11) is 1.99. The quantitative estimate of drug-likeness (QED) is 0.678. The molecule has 0 aliphatic rings. The van der Waals surface area contributed by atoms with Crippen LogP contribution in [-0.4, -0.2) is 30.0 Å². The average molecular weight is 324 g/mol. The Hall–Kier alpha value is -1.59. The first-order valence-corrected chi connectivity index (χ1v) is 7.63. The number of hydrogen-bond donors (Lipinski definition) is 0. The van der Waals surface area contributed by atoms with E-state index in [1.54, 1.807) is 12.4 Å². The van der Waals surface area contributed by atoms with E-state index < -0.39 is 0 Å². The highest BCUT2D eigenvalue weighted by Gasteiger charge is 2.12. The molecule has 0 aromatic carbocycles. The number of hydrogen-bond acceptors (Lipinski definition) is 3. The second-order valence-electron chi connectivity index (χ2n) is 4.82. The van der Waals surface area contributed by atoms with E-state index in [1.807, 2.05) is 23.9 Å². The first-order chi connectivity index (χ1) is 10.2. The van der Waals surface area contributed by atoms with Gasteiger partial charge in [0.05, 0.1) is 5.02 Å². The minimum Gasteiger partial charge on any atom is -0.338 e. The predicted octanol–water partition coefficient (Wildman–Crippen LogP) is 2.84. The highest BCUT2D eigenvalue weighted by atomic mass is 35.5. The molecule has 0 bridgehead atoms. The zero-order valence-corrected chi connectivity index (χ0v) is 13.1. The molecule has 0 spiro atoms. The first-order valence-electron chi connectivity index (χ1n) is 6.72. The molecule has 0 N–H and O–H groups in total. The van der Waals surface area contributed by atoms with E-state index in [0.717, 1.165) is 35.8 Å². The third-order valence-electron chi connectivity index (χ3n) is 3.43. The van der Waals surface area contributed by atoms with Gasteiger partial charge in [-0.1, -0.05) is 11.6 Å². The molecular formula is C14H15Cl2N5. The topological polar surface area (TPSA) is 48.5 Å². The van der Waals surface area contributed by atoms with Crippen molar-refractivity contribution in [3.8, 4) is 0 Å². The smallest absolute Gasteiger partial charge is 0.160 e. The second-order valence-corrected chi connectivity index (χ2v) is 5.63. The maximum Gasteiger partial charge on any atom is 0.160 e. The van der Waals surface area contributed by atoms with Crippen molar-refractivity contribution >= 4 is 34.4 Å². The van der Waals surface area contributed by atoms with E-state index in [9.17, 15) is 0 Å². The summed E-state index contributed by atoms with van der Waals surface area (Å²) in [5, 5.41) is 0.591. The van der Waals surface area contributed by atoms with Crippen molar-refractivity contribution in [3.05, 3.63) is 41.3 Å². The lowest BCUT2D eigenvalue weighted by Crippen LogP contribution is -2.10. The van der Waals surface area contributed by atoms with Gasteiger partial charge in [-0.15, -0.1) is 11.6 Å². The Morgan fingerprint density at radius 2 is 2.05 bits per heavy atom. The Morgan fingerprint density at radius 3 is 2.76 bits per heavy atom. The summed E-state index contributed by atoms with van der Waals surface area (Å²) in [4.78, 5) is 13.3. The van der Waals surface area contributed by atoms with Gasteiger partial charge in [0.25, 0.3) is 0 Å². The number of aromatic nitrogens is 5. The van der Waals surface area contributed by atoms with E-state index in [2.05, 4.69) is 19.5 Å². The number of halogens is 2. The van der Waals surface area contributed by atoms with Crippen LogP contribution in [0.1, 0.15) is 11.6 Å². The largest absolute Gasteiger partial charge is 0.338 e. The van der Waals surface area contributed by atoms with Crippen LogP contribution < -0.4 is 0 Å². The molecule has 0 unspecified atom stereocenters. The van der Waals surface area contributed by atoms with E-state index in [1.165, 1.54) is 0 Å². The fourth-order valence-electron chi connectivity index (χ4n) is 2.39. The van der Waals surface area contributed by atoms with E-state index >= 15 is 0 Å². The Balaban J connectivity index is 1.95. The molecule has 7 heteroatoms. The van der Waals surface area contributed by atoms with Gasteiger partial charge in [0, 0.05) is 50.9 Å². The summed E-state index contributed by atoms with van der Waals surface area (Å²) < 4.78 is 4.12. The molecule has 3 heterocycles. The highest BCUT2D eigenvalue weighted by molar-refractivity contribution is 6.31. The Bertz CT molecular complexity index is 762. The lowest BCUT2D eigenvalue weighted by atomic mass is 10.3. The molecule has 3 rings (SSSR count). The monoisotopic (exact) mass is 323 g/mol. The molecular weight excluding hydrogens is 309 g/mol. The maximum absolute atomic E-state index is 5.99. The first kappa shape index (κ1) is 14.4. The summed E-state index contributed by atoms with van der Waals surface area (Å²) in [6.45, 7) is 0.766. The molecule has 0 saturated carbocycles. The molecule has 21 heavy (non-hydrogen) atoms. The van der Waals surface area contributed by atoms with Crippen molar-refractivity contribution in [1.82, 2.24) is 24.1 Å². The summed E-state index contributed by atoms with van der Waals surface area (Å²) in [6.07, 6.45) is 6.91. The SMILES string of the molecule is Cn1ccnc1CCn1c(CCCl)nc2cc(Cl)cnc21. The standard InChI is InChI=1S/C14H15Cl2N5/c1-20-7-5-17-12(20)3-6-21-13(2-4-15)19-11-8-10(16)9-18-14(11)21/h5,7-9H,2-4,6H2,1H3. The van der Waals surface area contributed by atoms with Crippen molar-refractivity contribution in [2.24, 2.45) is 7.05 Å². The average Bonchev–Trinajstić information content (AvgIpc) is 3.00. The number of nitrogens with zero attached hydrogens (tertiary/aromatic N) is 5. The van der Waals surface area contributed by atoms with Gasteiger partial charge >= 0.3 is 0 Å². The van der Waals surface area contributed by atoms with E-state index in [4.69, 9.17) is 23.2 Å². The van der Waals surface area contributed by atoms with Crippen LogP contribution in [0, 0.1) is 0 Å². The van der Waals surface area contributed by atoms with Crippen LogP contribution in [0.2, 0.25) is 5.02 Å². The molecule has 5 nitrogen and oxygen atoms in total. The number of fused-ring (bicyclic) bond motifs is 1. The van der Waals surface area contributed by atoms with Gasteiger partial charge in [-0.2, -0.15) is 0 Å². The van der Waals surface area contributed by atoms with Crippen LogP contribution in [0.5, 0.6) is 0 Å². The third kappa shape index (κ3) is 2.89. The zero-order chi connectivity index (χ0) is 14.8. The molecule has 0 saturated heterocycles. The predicted molar refractivity (Wildman–Crippen MR) is 83.9 cm³/mol. The van der Waals surface area contributed by atoms with Gasteiger partial charge in [0.15, 0.2) is 5.65 Å². The van der Waals surface area contributed by atoms with Crippen LogP contribution in [0.4, 0.5) is 0 Å². The minimum atomic E-state index is 0.527. The van der Waals surface area contributed by atoms with Gasteiger partial charge in [-0.25, -0.2) is 15.0 Å². The Labute approximate surface area is 132 Å². The summed E-state index contributed by atoms with van der Waals surface area (Å²) in [5.74, 6) is 2.49. The molecule has 3 aromatic rings. The zero-order valence-electron chi connectivity index (χ0n) is 11.6.